The summed E-state index contributed by atoms with van der Waals surface area (Å²) in [7, 11) is 2.20. The number of aromatic nitrogens is 2. The van der Waals surface area contributed by atoms with E-state index in [1.165, 1.54) is 171 Å². The van der Waals surface area contributed by atoms with E-state index in [1.807, 2.05) is 0 Å². The van der Waals surface area contributed by atoms with Crippen molar-refractivity contribution >= 4 is 71.1 Å². The zero-order valence-electron chi connectivity index (χ0n) is 67.8. The average molecular weight is 1510 g/mol. The number of nitrogens with zero attached hydrogens (tertiary/aromatic N) is 3. The molecule has 562 valence electrons. The van der Waals surface area contributed by atoms with E-state index in [4.69, 9.17) is 9.72 Å². The predicted octanol–water partition coefficient (Wildman–Crippen LogP) is 30.5. The van der Waals surface area contributed by atoms with E-state index in [9.17, 15) is 0 Å². The van der Waals surface area contributed by atoms with Crippen LogP contribution in [0.1, 0.15) is 113 Å². The minimum absolute atomic E-state index is 0.0231. The van der Waals surface area contributed by atoms with Crippen LogP contribution in [0.2, 0.25) is 0 Å². The molecule has 24 rings (SSSR count). The molecule has 118 heavy (non-hydrogen) atoms. The summed E-state index contributed by atoms with van der Waals surface area (Å²) < 4.78 is 9.61. The highest BCUT2D eigenvalue weighted by Crippen LogP contribution is 2.60. The number of rotatable bonds is 8. The van der Waals surface area contributed by atoms with E-state index in [0.29, 0.717) is 0 Å². The lowest BCUT2D eigenvalue weighted by Gasteiger charge is -2.31. The molecule has 0 radical (unpaired) electrons. The molecule has 1 aliphatic heterocycles. The minimum Gasteiger partial charge on any atom is -0.453 e. The summed E-state index contributed by atoms with van der Waals surface area (Å²) in [4.78, 5) is 7.94. The van der Waals surface area contributed by atoms with Crippen LogP contribution in [0.15, 0.2) is 333 Å². The minimum atomic E-state index is -0.345. The Labute approximate surface area is 689 Å². The molecule has 5 aliphatic carbocycles. The Hall–Kier alpha value is -13.7. The molecule has 0 saturated heterocycles. The molecule has 2 heterocycles. The highest BCUT2D eigenvalue weighted by atomic mass is 16.5. The van der Waals surface area contributed by atoms with Crippen LogP contribution in [-0.4, -0.2) is 16.6 Å². The standard InChI is InChI=1S/C114H85N3O/c1-111(2)94-39-22-19-30-78(94)88-60-71(46-54-95(88)111)106-82-32-14-13-31-81(82)105(85-52-44-66(58-90(85)106)68-42-50-79-76-28-17-20-37-92(76)112(3,4)97(79)62-68)73-49-57-103-102(64-73)116(9)101-56-48-70(65-104(101)118-103)75-35-25-36-87-89-61-72(47-55-96(89)114(7,8)109(75)87)107-83-33-15-16-34-84(83)108(110-115-99-40-23-24-41-100(99)117(110)74-26-11-10-12-27-74)86-53-45-67(59-91(86)107)69-43-51-80-77-29-18-21-38-93(77)113(5,6)98(80)63-69/h10-21,23-38,40-65H,22,39H2,1-9H3. The van der Waals surface area contributed by atoms with Gasteiger partial charge >= 0.3 is 0 Å². The lowest BCUT2D eigenvalue weighted by Crippen LogP contribution is -2.17. The van der Waals surface area contributed by atoms with Crippen LogP contribution in [0.4, 0.5) is 11.4 Å². The van der Waals surface area contributed by atoms with Gasteiger partial charge in [-0.15, -0.1) is 0 Å². The largest absolute Gasteiger partial charge is 0.453 e. The molecule has 0 atom stereocenters. The van der Waals surface area contributed by atoms with Crippen molar-refractivity contribution in [2.45, 2.75) is 89.9 Å². The average Bonchev–Trinajstić information content (AvgIpc) is 1.33. The molecule has 0 unspecified atom stereocenters. The van der Waals surface area contributed by atoms with Crippen LogP contribution >= 0.6 is 0 Å². The number of ether oxygens (including phenoxy) is 1. The number of hydrogen-bond acceptors (Lipinski definition) is 3. The predicted molar refractivity (Wildman–Crippen MR) is 495 cm³/mol. The number of benzene rings is 17. The van der Waals surface area contributed by atoms with E-state index in [2.05, 4.69) is 400 Å². The van der Waals surface area contributed by atoms with Crippen LogP contribution in [0.3, 0.4) is 0 Å². The number of hydrogen-bond donors (Lipinski definition) is 0. The summed E-state index contributed by atoms with van der Waals surface area (Å²) in [5.74, 6) is 2.58. The topological polar surface area (TPSA) is 30.3 Å². The lowest BCUT2D eigenvalue weighted by atomic mass is 9.78. The smallest absolute Gasteiger partial charge is 0.151 e. The molecule has 18 aromatic rings. The van der Waals surface area contributed by atoms with E-state index >= 15 is 0 Å². The Bertz CT molecular complexity index is 7590. The van der Waals surface area contributed by atoms with Crippen LogP contribution in [0.5, 0.6) is 11.5 Å². The molecular formula is C114H85N3O. The Morgan fingerprint density at radius 1 is 0.305 bits per heavy atom. The Balaban J connectivity index is 0.618. The van der Waals surface area contributed by atoms with E-state index < -0.39 is 0 Å². The molecule has 17 aromatic carbocycles. The van der Waals surface area contributed by atoms with Crippen molar-refractivity contribution in [3.63, 3.8) is 0 Å². The van der Waals surface area contributed by atoms with Crippen LogP contribution in [0.25, 0.3) is 177 Å². The third-order valence-corrected chi connectivity index (χ3v) is 28.3. The summed E-state index contributed by atoms with van der Waals surface area (Å²) in [5, 5.41) is 9.58. The first-order valence-electron chi connectivity index (χ1n) is 42.0. The molecule has 0 spiro atoms. The number of para-hydroxylation sites is 3. The van der Waals surface area contributed by atoms with E-state index in [-0.39, 0.29) is 21.7 Å². The zero-order chi connectivity index (χ0) is 79.1. The fraction of sp³-hybridized carbons (Fsp3) is 0.132. The molecule has 0 fully saturated rings. The van der Waals surface area contributed by atoms with Crippen LogP contribution in [-0.2, 0) is 21.7 Å². The molecule has 1 aromatic heterocycles. The fourth-order valence-electron chi connectivity index (χ4n) is 22.5. The first-order valence-corrected chi connectivity index (χ1v) is 42.0. The highest BCUT2D eigenvalue weighted by molar-refractivity contribution is 6.24. The van der Waals surface area contributed by atoms with Gasteiger partial charge in [0.05, 0.1) is 22.4 Å². The molecule has 6 aliphatic rings. The van der Waals surface area contributed by atoms with Crippen molar-refractivity contribution in [1.29, 1.82) is 0 Å². The van der Waals surface area contributed by atoms with Gasteiger partial charge in [-0.1, -0.05) is 304 Å². The quantitative estimate of drug-likeness (QED) is 0.142. The summed E-state index contributed by atoms with van der Waals surface area (Å²) in [5.41, 5.74) is 41.7. The van der Waals surface area contributed by atoms with Gasteiger partial charge in [0.1, 0.15) is 5.82 Å². The van der Waals surface area contributed by atoms with E-state index in [1.54, 1.807) is 5.57 Å². The van der Waals surface area contributed by atoms with Crippen molar-refractivity contribution in [2.75, 3.05) is 11.9 Å². The van der Waals surface area contributed by atoms with Gasteiger partial charge in [0.15, 0.2) is 11.5 Å². The monoisotopic (exact) mass is 1510 g/mol. The van der Waals surface area contributed by atoms with Crippen molar-refractivity contribution in [1.82, 2.24) is 9.55 Å². The van der Waals surface area contributed by atoms with E-state index in [0.717, 1.165) is 85.7 Å². The number of allylic oxidation sites excluding steroid dienone is 4. The van der Waals surface area contributed by atoms with Crippen LogP contribution in [0, 0.1) is 0 Å². The maximum absolute atomic E-state index is 7.25. The lowest BCUT2D eigenvalue weighted by molar-refractivity contribution is 0.476. The van der Waals surface area contributed by atoms with Gasteiger partial charge < -0.3 is 9.64 Å². The second kappa shape index (κ2) is 24.7. The molecule has 0 bridgehead atoms. The van der Waals surface area contributed by atoms with Gasteiger partial charge in [0, 0.05) is 40.0 Å². The SMILES string of the molecule is CN1c2ccc(-c3cccc4c3C(C)(C)c3ccc(-c5c6ccccc6c(-c6nc7ccccc7n6-c6ccccc6)c6ccc(-c7ccc8c(c7)C(C)(C)c7ccccc7-8)cc56)cc3-4)cc2Oc2ccc(-c3c4ccccc4c(-c4ccc5c(c4)C4=C(CCC=C4)C5(C)C)c4cc(-c5ccc6c(c5)C(C)(C)c5ccccc5-6)ccc34)cc21. The second-order valence-electron chi connectivity index (χ2n) is 35.9. The summed E-state index contributed by atoms with van der Waals surface area (Å²) in [6, 6.07) is 120. The van der Waals surface area contributed by atoms with Gasteiger partial charge in [-0.25, -0.2) is 4.98 Å². The van der Waals surface area contributed by atoms with Gasteiger partial charge in [-0.2, -0.15) is 0 Å². The van der Waals surface area contributed by atoms with Gasteiger partial charge in [0.25, 0.3) is 0 Å². The van der Waals surface area contributed by atoms with Crippen LogP contribution < -0.4 is 9.64 Å². The maximum atomic E-state index is 7.25. The van der Waals surface area contributed by atoms with Gasteiger partial charge in [0.2, 0.25) is 0 Å². The zero-order valence-corrected chi connectivity index (χ0v) is 67.8. The Morgan fingerprint density at radius 2 is 0.780 bits per heavy atom. The Kier molecular flexibility index (Phi) is 14.4. The van der Waals surface area contributed by atoms with Crippen molar-refractivity contribution in [3.8, 4) is 129 Å². The first-order chi connectivity index (χ1) is 57.4. The summed E-state index contributed by atoms with van der Waals surface area (Å²) in [6.07, 6.45) is 6.96. The Morgan fingerprint density at radius 3 is 1.43 bits per heavy atom. The summed E-state index contributed by atoms with van der Waals surface area (Å²) in [6.45, 7) is 19.2. The third kappa shape index (κ3) is 9.63. The summed E-state index contributed by atoms with van der Waals surface area (Å²) >= 11 is 0. The van der Waals surface area contributed by atoms with Gasteiger partial charge in [-0.3, -0.25) is 4.57 Å². The van der Waals surface area contributed by atoms with Crippen molar-refractivity contribution < 1.29 is 4.74 Å². The third-order valence-electron chi connectivity index (χ3n) is 28.3. The number of anilines is 2. The van der Waals surface area contributed by atoms with Crippen molar-refractivity contribution in [2.24, 2.45) is 0 Å². The number of fused-ring (bicyclic) bond motifs is 18. The maximum Gasteiger partial charge on any atom is 0.151 e. The molecule has 4 nitrogen and oxygen atoms in total. The molecule has 0 amide bonds. The fourth-order valence-corrected chi connectivity index (χ4v) is 22.5. The van der Waals surface area contributed by atoms with Gasteiger partial charge in [-0.05, 0) is 291 Å². The second-order valence-corrected chi connectivity index (χ2v) is 35.9. The normalized spacial score (nSPS) is 15.5. The highest BCUT2D eigenvalue weighted by Gasteiger charge is 2.42. The first kappa shape index (κ1) is 68.7. The molecule has 0 N–H and O–H groups in total. The van der Waals surface area contributed by atoms with Crippen molar-refractivity contribution in [3.05, 3.63) is 378 Å². The molecule has 0 saturated carbocycles. The molecule has 4 heteroatoms. The number of imidazole rings is 1. The molecular weight excluding hydrogens is 1430 g/mol.